The number of nitrogens with zero attached hydrogens (tertiary/aromatic N) is 2. The number of benzene rings is 2. The van der Waals surface area contributed by atoms with Crippen LogP contribution in [0, 0.1) is 0 Å². The van der Waals surface area contributed by atoms with Gasteiger partial charge in [-0.2, -0.15) is 8.42 Å². The highest BCUT2D eigenvalue weighted by Gasteiger charge is 2.31. The molecule has 1 N–H and O–H groups in total. The summed E-state index contributed by atoms with van der Waals surface area (Å²) in [4.78, 5) is 13.5. The average molecular weight is 501 g/mol. The van der Waals surface area contributed by atoms with Crippen LogP contribution in [0.4, 0.5) is 10.2 Å². The van der Waals surface area contributed by atoms with Gasteiger partial charge in [-0.3, -0.25) is 0 Å². The first-order valence-corrected chi connectivity index (χ1v) is 12.5. The van der Waals surface area contributed by atoms with Crippen LogP contribution < -0.4 is 9.26 Å². The van der Waals surface area contributed by atoms with Crippen LogP contribution in [0.5, 0.6) is 5.75 Å². The van der Waals surface area contributed by atoms with Gasteiger partial charge in [0.2, 0.25) is 0 Å². The van der Waals surface area contributed by atoms with Crippen molar-refractivity contribution in [1.29, 1.82) is 0 Å². The van der Waals surface area contributed by atoms with E-state index in [2.05, 4.69) is 4.90 Å². The summed E-state index contributed by atoms with van der Waals surface area (Å²) in [5, 5.41) is 9.42. The van der Waals surface area contributed by atoms with Crippen molar-refractivity contribution in [2.24, 2.45) is 0 Å². The van der Waals surface area contributed by atoms with Crippen molar-refractivity contribution in [2.45, 2.75) is 25.3 Å². The normalized spacial score (nSPS) is 12.9. The minimum Gasteiger partial charge on any atom is -0.485 e. The number of carboxylic acid groups (broad SMARTS) is 1. The Morgan fingerprint density at radius 3 is 2.63 bits per heavy atom. The predicted molar refractivity (Wildman–Crippen MR) is 129 cm³/mol. The molecule has 10 heteroatoms. The Kier molecular flexibility index (Phi) is 6.95. The smallest absolute Gasteiger partial charge is 0.339 e. The van der Waals surface area contributed by atoms with Crippen molar-refractivity contribution >= 4 is 27.8 Å². The molecule has 3 aromatic rings. The van der Waals surface area contributed by atoms with E-state index in [-0.39, 0.29) is 33.0 Å². The number of fused-ring (bicyclic) bond motifs is 3. The summed E-state index contributed by atoms with van der Waals surface area (Å²) >= 11 is 0. The second-order valence-electron chi connectivity index (χ2n) is 7.87. The molecule has 2 aromatic carbocycles. The molecule has 2 heterocycles. The minimum absolute atomic E-state index is 0.0487. The van der Waals surface area contributed by atoms with Crippen LogP contribution in [0.1, 0.15) is 35.5 Å². The summed E-state index contributed by atoms with van der Waals surface area (Å²) in [5.74, 6) is -0.686. The van der Waals surface area contributed by atoms with E-state index < -0.39 is 16.0 Å². The van der Waals surface area contributed by atoms with Crippen molar-refractivity contribution < 1.29 is 32.0 Å². The third kappa shape index (κ3) is 4.67. The molecule has 4 rings (SSSR count). The fourth-order valence-electron chi connectivity index (χ4n) is 3.94. The van der Waals surface area contributed by atoms with E-state index >= 15 is 4.48 Å². The maximum Gasteiger partial charge on any atom is 0.339 e. The van der Waals surface area contributed by atoms with Gasteiger partial charge in [0.25, 0.3) is 10.0 Å². The summed E-state index contributed by atoms with van der Waals surface area (Å²) in [7, 11) is -4.55. The third-order valence-corrected chi connectivity index (χ3v) is 7.42. The van der Waals surface area contributed by atoms with Crippen molar-refractivity contribution in [3.05, 3.63) is 71.7 Å². The Labute approximate surface area is 202 Å². The molecule has 0 atom stereocenters. The molecule has 0 bridgehead atoms. The van der Waals surface area contributed by atoms with Gasteiger partial charge in [0.1, 0.15) is 29.9 Å². The Bertz CT molecular complexity index is 1380. The Morgan fingerprint density at radius 1 is 1.17 bits per heavy atom. The Hall–Kier alpha value is -3.63. The lowest BCUT2D eigenvalue weighted by Crippen LogP contribution is -2.24. The molecule has 0 spiro atoms. The second-order valence-corrected chi connectivity index (χ2v) is 9.58. The molecule has 0 aliphatic carbocycles. The van der Waals surface area contributed by atoms with Crippen LogP contribution in [-0.2, 0) is 16.6 Å². The Balaban J connectivity index is 1.66. The van der Waals surface area contributed by atoms with E-state index in [1.165, 1.54) is 30.3 Å². The van der Waals surface area contributed by atoms with Gasteiger partial charge in [0.15, 0.2) is 0 Å². The van der Waals surface area contributed by atoms with Crippen molar-refractivity contribution in [2.75, 3.05) is 24.2 Å². The number of likely N-dealkylation sites (N-methyl/N-ethyl adjacent to an activating group) is 1. The molecule has 0 amide bonds. The first-order valence-electron chi connectivity index (χ1n) is 11.1. The summed E-state index contributed by atoms with van der Waals surface area (Å²) in [6.45, 7) is 6.36. The summed E-state index contributed by atoms with van der Waals surface area (Å²) < 4.78 is 52.4. The number of carboxylic acids is 1. The van der Waals surface area contributed by atoms with Gasteiger partial charge in [0, 0.05) is 23.7 Å². The SMILES string of the molecule is CCN(CC)C/C=C\c1ccccc1S(=O)(=O)N(F)c1ccc2c(c1)OCc1occ(C(=O)O)c1-2. The van der Waals surface area contributed by atoms with E-state index in [0.717, 1.165) is 19.4 Å². The molecule has 1 aliphatic rings. The molecule has 0 fully saturated rings. The van der Waals surface area contributed by atoms with Gasteiger partial charge < -0.3 is 19.2 Å². The number of carbonyl (C=O) groups is 1. The number of ether oxygens (including phenoxy) is 1. The monoisotopic (exact) mass is 500 g/mol. The first-order chi connectivity index (χ1) is 16.8. The second kappa shape index (κ2) is 9.93. The molecule has 35 heavy (non-hydrogen) atoms. The van der Waals surface area contributed by atoms with Crippen molar-refractivity contribution in [1.82, 2.24) is 4.90 Å². The molecule has 0 saturated carbocycles. The van der Waals surface area contributed by atoms with Gasteiger partial charge in [-0.05, 0) is 36.9 Å². The summed E-state index contributed by atoms with van der Waals surface area (Å²) in [6.07, 6.45) is 4.64. The number of aromatic carboxylic acids is 1. The van der Waals surface area contributed by atoms with Gasteiger partial charge in [-0.15, -0.1) is 0 Å². The number of sulfonamides is 1. The molecule has 1 aromatic heterocycles. The molecular formula is C25H25FN2O6S. The summed E-state index contributed by atoms with van der Waals surface area (Å²) in [5.41, 5.74) is 0.765. The standard InChI is InChI=1S/C25H25FN2O6S/c1-3-27(4-2)13-7-9-17-8-5-6-10-23(17)35(31,32)28(26)18-11-12-19-21(14-18)34-16-22-24(19)20(15-33-22)25(29)30/h5-12,14-15H,3-4,13,16H2,1-2H3,(H,29,30)/b9-7-. The predicted octanol–water partition coefficient (Wildman–Crippen LogP) is 4.97. The molecule has 1 aliphatic heterocycles. The van der Waals surface area contributed by atoms with E-state index in [0.29, 0.717) is 29.0 Å². The van der Waals surface area contributed by atoms with Crippen LogP contribution in [0.3, 0.4) is 0 Å². The highest BCUT2D eigenvalue weighted by Crippen LogP contribution is 2.43. The van der Waals surface area contributed by atoms with E-state index in [4.69, 9.17) is 9.15 Å². The maximum atomic E-state index is 15.4. The van der Waals surface area contributed by atoms with E-state index in [9.17, 15) is 18.3 Å². The lowest BCUT2D eigenvalue weighted by molar-refractivity contribution is 0.0697. The zero-order valence-corrected chi connectivity index (χ0v) is 20.1. The number of furan rings is 1. The highest BCUT2D eigenvalue weighted by atomic mass is 32.2. The van der Waals surface area contributed by atoms with Crippen molar-refractivity contribution in [3.8, 4) is 16.9 Å². The van der Waals surface area contributed by atoms with E-state index in [1.54, 1.807) is 18.2 Å². The molecular weight excluding hydrogens is 475 g/mol. The van der Waals surface area contributed by atoms with Gasteiger partial charge in [-0.1, -0.05) is 53.2 Å². The average Bonchev–Trinajstić information content (AvgIpc) is 3.31. The first kappa shape index (κ1) is 24.5. The van der Waals surface area contributed by atoms with Crippen molar-refractivity contribution in [3.63, 3.8) is 0 Å². The van der Waals surface area contributed by atoms with Gasteiger partial charge in [-0.25, -0.2) is 4.79 Å². The maximum absolute atomic E-state index is 15.4. The number of rotatable bonds is 9. The lowest BCUT2D eigenvalue weighted by Gasteiger charge is -2.21. The zero-order chi connectivity index (χ0) is 25.2. The number of anilines is 1. The zero-order valence-electron chi connectivity index (χ0n) is 19.3. The lowest BCUT2D eigenvalue weighted by atomic mass is 9.98. The van der Waals surface area contributed by atoms with E-state index in [1.807, 2.05) is 19.9 Å². The number of halogens is 1. The van der Waals surface area contributed by atoms with Gasteiger partial charge >= 0.3 is 5.97 Å². The van der Waals surface area contributed by atoms with Crippen LogP contribution in [0.25, 0.3) is 17.2 Å². The fourth-order valence-corrected chi connectivity index (χ4v) is 5.18. The quantitative estimate of drug-likeness (QED) is 0.414. The molecule has 0 radical (unpaired) electrons. The fraction of sp³-hybridized carbons (Fsp3) is 0.240. The minimum atomic E-state index is -4.55. The van der Waals surface area contributed by atoms with Crippen LogP contribution >= 0.6 is 0 Å². The molecule has 0 saturated heterocycles. The largest absolute Gasteiger partial charge is 0.485 e. The molecule has 8 nitrogen and oxygen atoms in total. The molecule has 184 valence electrons. The Morgan fingerprint density at radius 2 is 1.91 bits per heavy atom. The van der Waals surface area contributed by atoms with Crippen LogP contribution in [-0.4, -0.2) is 44.0 Å². The number of hydrogen-bond donors (Lipinski definition) is 1. The third-order valence-electron chi connectivity index (χ3n) is 5.86. The van der Waals surface area contributed by atoms with Gasteiger partial charge in [0.05, 0.1) is 10.6 Å². The summed E-state index contributed by atoms with van der Waals surface area (Å²) in [6, 6.07) is 10.1. The number of hydrogen-bond acceptors (Lipinski definition) is 6. The van der Waals surface area contributed by atoms with Crippen LogP contribution in [0.15, 0.2) is 64.1 Å². The highest BCUT2D eigenvalue weighted by molar-refractivity contribution is 7.92. The van der Waals surface area contributed by atoms with Crippen LogP contribution in [0.2, 0.25) is 0 Å². The topological polar surface area (TPSA) is 100 Å². The molecule has 0 unspecified atom stereocenters.